The molecule has 2 aromatic rings. The third-order valence-electron chi connectivity index (χ3n) is 2.58. The lowest BCUT2D eigenvalue weighted by molar-refractivity contribution is 0.415. The molecule has 0 atom stereocenters. The van der Waals surface area contributed by atoms with Gasteiger partial charge >= 0.3 is 0 Å². The van der Waals surface area contributed by atoms with Gasteiger partial charge in [0.15, 0.2) is 0 Å². The number of aromatic nitrogens is 2. The van der Waals surface area contributed by atoms with Crippen LogP contribution in [0.5, 0.6) is 5.75 Å². The van der Waals surface area contributed by atoms with Crippen LogP contribution >= 0.6 is 0 Å². The van der Waals surface area contributed by atoms with Crippen LogP contribution in [0.1, 0.15) is 5.69 Å². The fraction of sp³-hybridized carbons (Fsp3) is 0.214. The van der Waals surface area contributed by atoms with E-state index >= 15 is 0 Å². The summed E-state index contributed by atoms with van der Waals surface area (Å²) in [6.45, 7) is 6.35. The molecule has 4 heteroatoms. The van der Waals surface area contributed by atoms with E-state index in [-0.39, 0.29) is 0 Å². The molecule has 1 aromatic heterocycles. The largest absolute Gasteiger partial charge is 0.497 e. The lowest BCUT2D eigenvalue weighted by Crippen LogP contribution is -2.05. The van der Waals surface area contributed by atoms with Crippen molar-refractivity contribution in [1.29, 1.82) is 0 Å². The van der Waals surface area contributed by atoms with E-state index in [1.165, 1.54) is 0 Å². The van der Waals surface area contributed by atoms with E-state index in [4.69, 9.17) is 4.74 Å². The molecule has 0 aliphatic carbocycles. The minimum Gasteiger partial charge on any atom is -0.497 e. The molecule has 0 aliphatic heterocycles. The van der Waals surface area contributed by atoms with Crippen molar-refractivity contribution in [1.82, 2.24) is 9.55 Å². The molecule has 94 valence electrons. The van der Waals surface area contributed by atoms with Gasteiger partial charge in [-0.3, -0.25) is 4.57 Å². The van der Waals surface area contributed by atoms with Crippen LogP contribution in [0.2, 0.25) is 0 Å². The first-order chi connectivity index (χ1) is 8.74. The van der Waals surface area contributed by atoms with Gasteiger partial charge in [0.1, 0.15) is 5.75 Å². The minimum atomic E-state index is 0.687. The summed E-state index contributed by atoms with van der Waals surface area (Å²) in [6, 6.07) is 7.86. The Morgan fingerprint density at radius 2 is 2.11 bits per heavy atom. The molecule has 0 spiro atoms. The van der Waals surface area contributed by atoms with Gasteiger partial charge < -0.3 is 10.1 Å². The summed E-state index contributed by atoms with van der Waals surface area (Å²) in [4.78, 5) is 4.44. The first-order valence-electron chi connectivity index (χ1n) is 5.80. The van der Waals surface area contributed by atoms with E-state index in [1.807, 2.05) is 48.0 Å². The number of benzene rings is 1. The Morgan fingerprint density at radius 3 is 2.72 bits per heavy atom. The van der Waals surface area contributed by atoms with Crippen molar-refractivity contribution in [2.75, 3.05) is 19.0 Å². The average Bonchev–Trinajstić information content (AvgIpc) is 2.77. The first kappa shape index (κ1) is 12.2. The summed E-state index contributed by atoms with van der Waals surface area (Å²) in [5.74, 6) is 1.66. The molecule has 0 unspecified atom stereocenters. The highest BCUT2D eigenvalue weighted by Crippen LogP contribution is 2.19. The monoisotopic (exact) mass is 243 g/mol. The molecule has 0 amide bonds. The topological polar surface area (TPSA) is 39.1 Å². The number of hydrogen-bond donors (Lipinski definition) is 1. The van der Waals surface area contributed by atoms with Crippen molar-refractivity contribution in [3.63, 3.8) is 0 Å². The lowest BCUT2D eigenvalue weighted by Gasteiger charge is -2.09. The van der Waals surface area contributed by atoms with E-state index < -0.39 is 0 Å². The fourth-order valence-electron chi connectivity index (χ4n) is 1.73. The number of anilines is 1. The van der Waals surface area contributed by atoms with Gasteiger partial charge in [-0.15, -0.1) is 6.58 Å². The maximum Gasteiger partial charge on any atom is 0.207 e. The van der Waals surface area contributed by atoms with Gasteiger partial charge in [-0.25, -0.2) is 4.98 Å². The van der Waals surface area contributed by atoms with E-state index in [1.54, 1.807) is 7.11 Å². The van der Waals surface area contributed by atoms with Crippen LogP contribution in [0.4, 0.5) is 5.95 Å². The SMILES string of the molecule is C=CCNc1nc(C)cn1-c1ccc(OC)cc1. The normalized spacial score (nSPS) is 10.1. The molecule has 0 saturated carbocycles. The average molecular weight is 243 g/mol. The van der Waals surface area contributed by atoms with Crippen molar-refractivity contribution < 1.29 is 4.74 Å². The van der Waals surface area contributed by atoms with Crippen LogP contribution in [-0.4, -0.2) is 23.2 Å². The van der Waals surface area contributed by atoms with E-state index in [9.17, 15) is 0 Å². The smallest absolute Gasteiger partial charge is 0.207 e. The second kappa shape index (κ2) is 5.40. The number of hydrogen-bond acceptors (Lipinski definition) is 3. The van der Waals surface area contributed by atoms with Crippen molar-refractivity contribution in [2.45, 2.75) is 6.92 Å². The molecule has 1 heterocycles. The Morgan fingerprint density at radius 1 is 1.39 bits per heavy atom. The quantitative estimate of drug-likeness (QED) is 0.821. The summed E-state index contributed by atoms with van der Waals surface area (Å²) in [5.41, 5.74) is 2.01. The molecule has 0 fully saturated rings. The number of nitrogens with one attached hydrogen (secondary N) is 1. The van der Waals surface area contributed by atoms with Gasteiger partial charge in [0.2, 0.25) is 5.95 Å². The van der Waals surface area contributed by atoms with Crippen molar-refractivity contribution in [3.8, 4) is 11.4 Å². The van der Waals surface area contributed by atoms with Crippen LogP contribution < -0.4 is 10.1 Å². The summed E-state index contributed by atoms with van der Waals surface area (Å²) < 4.78 is 7.16. The molecule has 0 bridgehead atoms. The number of aryl methyl sites for hydroxylation is 1. The molecule has 0 aliphatic rings. The van der Waals surface area contributed by atoms with E-state index in [0.717, 1.165) is 23.1 Å². The first-order valence-corrected chi connectivity index (χ1v) is 5.80. The van der Waals surface area contributed by atoms with Crippen molar-refractivity contribution in [3.05, 3.63) is 48.8 Å². The van der Waals surface area contributed by atoms with Crippen LogP contribution in [0.15, 0.2) is 43.1 Å². The molecule has 0 radical (unpaired) electrons. The predicted octanol–water partition coefficient (Wildman–Crippen LogP) is 2.79. The summed E-state index contributed by atoms with van der Waals surface area (Å²) >= 11 is 0. The Balaban J connectivity index is 2.32. The fourth-order valence-corrected chi connectivity index (χ4v) is 1.73. The van der Waals surface area contributed by atoms with Gasteiger partial charge in [-0.05, 0) is 31.2 Å². The number of imidazole rings is 1. The zero-order valence-corrected chi connectivity index (χ0v) is 10.7. The third-order valence-corrected chi connectivity index (χ3v) is 2.58. The Kier molecular flexibility index (Phi) is 3.67. The van der Waals surface area contributed by atoms with Gasteiger partial charge in [-0.1, -0.05) is 6.08 Å². The maximum atomic E-state index is 5.15. The highest BCUT2D eigenvalue weighted by atomic mass is 16.5. The minimum absolute atomic E-state index is 0.687. The molecule has 1 N–H and O–H groups in total. The second-order valence-electron chi connectivity index (χ2n) is 3.94. The predicted molar refractivity (Wildman–Crippen MR) is 73.5 cm³/mol. The van der Waals surface area contributed by atoms with Gasteiger partial charge in [0.25, 0.3) is 0 Å². The van der Waals surface area contributed by atoms with Crippen LogP contribution in [0.25, 0.3) is 5.69 Å². The third kappa shape index (κ3) is 2.53. The van der Waals surface area contributed by atoms with Gasteiger partial charge in [-0.2, -0.15) is 0 Å². The van der Waals surface area contributed by atoms with Gasteiger partial charge in [0, 0.05) is 18.4 Å². The highest BCUT2D eigenvalue weighted by molar-refractivity contribution is 5.45. The van der Waals surface area contributed by atoms with Crippen LogP contribution in [0.3, 0.4) is 0 Å². The molecule has 0 saturated heterocycles. The molecule has 4 nitrogen and oxygen atoms in total. The zero-order chi connectivity index (χ0) is 13.0. The maximum absolute atomic E-state index is 5.15. The van der Waals surface area contributed by atoms with E-state index in [0.29, 0.717) is 6.54 Å². The zero-order valence-electron chi connectivity index (χ0n) is 10.7. The summed E-state index contributed by atoms with van der Waals surface area (Å²) in [6.07, 6.45) is 3.80. The van der Waals surface area contributed by atoms with Crippen LogP contribution in [0, 0.1) is 6.92 Å². The van der Waals surface area contributed by atoms with Crippen LogP contribution in [-0.2, 0) is 0 Å². The Bertz CT molecular complexity index is 528. The summed E-state index contributed by atoms with van der Waals surface area (Å²) in [7, 11) is 1.66. The molecular formula is C14H17N3O. The Hall–Kier alpha value is -2.23. The van der Waals surface area contributed by atoms with E-state index in [2.05, 4.69) is 16.9 Å². The van der Waals surface area contributed by atoms with Crippen molar-refractivity contribution >= 4 is 5.95 Å². The number of nitrogens with zero attached hydrogens (tertiary/aromatic N) is 2. The summed E-state index contributed by atoms with van der Waals surface area (Å²) in [5, 5.41) is 3.21. The highest BCUT2D eigenvalue weighted by Gasteiger charge is 2.06. The molecule has 1 aromatic carbocycles. The Labute approximate surface area is 107 Å². The molecule has 18 heavy (non-hydrogen) atoms. The standard InChI is InChI=1S/C14H17N3O/c1-4-9-15-14-16-11(2)10-17(14)12-5-7-13(18-3)8-6-12/h4-8,10H,1,9H2,2-3H3,(H,15,16). The lowest BCUT2D eigenvalue weighted by atomic mass is 10.3. The van der Waals surface area contributed by atoms with Gasteiger partial charge in [0.05, 0.1) is 12.8 Å². The van der Waals surface area contributed by atoms with Crippen molar-refractivity contribution in [2.24, 2.45) is 0 Å². The number of rotatable bonds is 5. The molecular weight excluding hydrogens is 226 g/mol. The molecule has 2 rings (SSSR count). The number of methoxy groups -OCH3 is 1. The second-order valence-corrected chi connectivity index (χ2v) is 3.94. The number of ether oxygens (including phenoxy) is 1.